The van der Waals surface area contributed by atoms with Gasteiger partial charge in [0.25, 0.3) is 0 Å². The van der Waals surface area contributed by atoms with Gasteiger partial charge in [0.15, 0.2) is 5.82 Å². The van der Waals surface area contributed by atoms with Crippen LogP contribution in [0.2, 0.25) is 0 Å². The summed E-state index contributed by atoms with van der Waals surface area (Å²) in [5.74, 6) is 0.874. The van der Waals surface area contributed by atoms with Crippen LogP contribution in [-0.2, 0) is 6.54 Å². The van der Waals surface area contributed by atoms with Gasteiger partial charge in [-0.25, -0.2) is 9.97 Å². The predicted octanol–water partition coefficient (Wildman–Crippen LogP) is 1.83. The molecule has 2 N–H and O–H groups in total. The molecule has 0 aliphatic carbocycles. The van der Waals surface area contributed by atoms with Crippen molar-refractivity contribution in [2.75, 3.05) is 6.54 Å². The van der Waals surface area contributed by atoms with Crippen LogP contribution in [0.25, 0.3) is 22.6 Å². The Morgan fingerprint density at radius 2 is 2.20 bits per heavy atom. The van der Waals surface area contributed by atoms with Crippen LogP contribution in [0.3, 0.4) is 0 Å². The van der Waals surface area contributed by atoms with Gasteiger partial charge in [-0.05, 0) is 19.9 Å². The minimum absolute atomic E-state index is 0.303. The minimum atomic E-state index is 0.303. The van der Waals surface area contributed by atoms with Gasteiger partial charge >= 0.3 is 0 Å². The summed E-state index contributed by atoms with van der Waals surface area (Å²) in [7, 11) is 0. The third-order valence-corrected chi connectivity index (χ3v) is 3.26. The second-order valence-corrected chi connectivity index (χ2v) is 5.05. The lowest BCUT2D eigenvalue weighted by Gasteiger charge is -2.11. The zero-order valence-corrected chi connectivity index (χ0v) is 11.7. The van der Waals surface area contributed by atoms with E-state index in [0.717, 1.165) is 29.1 Å². The highest BCUT2D eigenvalue weighted by Gasteiger charge is 2.16. The molecular formula is C14H18N6. The largest absolute Gasteiger partial charge is 0.335 e. The van der Waals surface area contributed by atoms with E-state index in [0.29, 0.717) is 12.6 Å². The van der Waals surface area contributed by atoms with Crippen molar-refractivity contribution < 1.29 is 0 Å². The van der Waals surface area contributed by atoms with E-state index in [2.05, 4.69) is 33.4 Å². The summed E-state index contributed by atoms with van der Waals surface area (Å²) in [6.07, 6.45) is 7.36. The Balaban J connectivity index is 2.16. The van der Waals surface area contributed by atoms with Gasteiger partial charge in [-0.3, -0.25) is 4.98 Å². The van der Waals surface area contributed by atoms with Crippen molar-refractivity contribution in [1.82, 2.24) is 24.1 Å². The fraction of sp³-hybridized carbons (Fsp3) is 0.357. The highest BCUT2D eigenvalue weighted by molar-refractivity contribution is 5.79. The molecule has 3 heterocycles. The molecule has 0 saturated carbocycles. The van der Waals surface area contributed by atoms with Gasteiger partial charge in [-0.2, -0.15) is 0 Å². The first kappa shape index (κ1) is 12.8. The summed E-state index contributed by atoms with van der Waals surface area (Å²) in [6, 6.07) is 2.29. The zero-order valence-electron chi connectivity index (χ0n) is 11.7. The average molecular weight is 270 g/mol. The molecule has 0 amide bonds. The molecule has 3 rings (SSSR count). The average Bonchev–Trinajstić information content (AvgIpc) is 3.02. The number of hydrogen-bond acceptors (Lipinski definition) is 4. The lowest BCUT2D eigenvalue weighted by molar-refractivity contribution is 0.623. The molecule has 6 heteroatoms. The molecular weight excluding hydrogens is 252 g/mol. The monoisotopic (exact) mass is 270 g/mol. The molecule has 104 valence electrons. The van der Waals surface area contributed by atoms with E-state index in [4.69, 9.17) is 5.73 Å². The van der Waals surface area contributed by atoms with E-state index in [1.165, 1.54) is 0 Å². The molecule has 0 spiro atoms. The summed E-state index contributed by atoms with van der Waals surface area (Å²) in [6.45, 7) is 5.64. The van der Waals surface area contributed by atoms with E-state index in [-0.39, 0.29) is 0 Å². The Morgan fingerprint density at radius 3 is 2.95 bits per heavy atom. The van der Waals surface area contributed by atoms with Gasteiger partial charge in [0.2, 0.25) is 0 Å². The Labute approximate surface area is 117 Å². The lowest BCUT2D eigenvalue weighted by Crippen LogP contribution is -2.07. The second kappa shape index (κ2) is 5.05. The van der Waals surface area contributed by atoms with Crippen LogP contribution in [0.5, 0.6) is 0 Å². The summed E-state index contributed by atoms with van der Waals surface area (Å²) in [5.41, 5.74) is 8.41. The van der Waals surface area contributed by atoms with E-state index < -0.39 is 0 Å². The minimum Gasteiger partial charge on any atom is -0.335 e. The van der Waals surface area contributed by atoms with Crippen molar-refractivity contribution in [3.63, 3.8) is 0 Å². The smallest absolute Gasteiger partial charge is 0.161 e. The molecule has 0 saturated heterocycles. The van der Waals surface area contributed by atoms with Crippen LogP contribution >= 0.6 is 0 Å². The molecule has 0 atom stereocenters. The van der Waals surface area contributed by atoms with Gasteiger partial charge in [0.05, 0.1) is 18.0 Å². The van der Waals surface area contributed by atoms with Crippen LogP contribution in [-0.4, -0.2) is 30.6 Å². The number of hydrogen-bond donors (Lipinski definition) is 1. The van der Waals surface area contributed by atoms with Gasteiger partial charge in [-0.1, -0.05) is 0 Å². The maximum atomic E-state index is 5.57. The van der Waals surface area contributed by atoms with Crippen molar-refractivity contribution in [3.05, 3.63) is 31.0 Å². The molecule has 0 aliphatic rings. The molecule has 0 aliphatic heterocycles. The standard InChI is InChI=1S/C14H18N6/c1-10(2)20-13-3-5-16-7-11(13)18-14(20)12-8-19(6-4-15)9-17-12/h3,5,7-10H,4,6,15H2,1-2H3. The Hall–Kier alpha value is -2.21. The van der Waals surface area contributed by atoms with E-state index in [1.54, 1.807) is 18.7 Å². The van der Waals surface area contributed by atoms with Crippen molar-refractivity contribution in [1.29, 1.82) is 0 Å². The van der Waals surface area contributed by atoms with Gasteiger partial charge in [-0.15, -0.1) is 0 Å². The zero-order chi connectivity index (χ0) is 14.1. The molecule has 0 unspecified atom stereocenters. The molecule has 6 nitrogen and oxygen atoms in total. The lowest BCUT2D eigenvalue weighted by atomic mass is 10.3. The van der Waals surface area contributed by atoms with Crippen LogP contribution in [0, 0.1) is 0 Å². The third kappa shape index (κ3) is 2.08. The highest BCUT2D eigenvalue weighted by Crippen LogP contribution is 2.26. The quantitative estimate of drug-likeness (QED) is 0.785. The number of rotatable bonds is 4. The third-order valence-electron chi connectivity index (χ3n) is 3.26. The number of fused-ring (bicyclic) bond motifs is 1. The summed E-state index contributed by atoms with van der Waals surface area (Å²) >= 11 is 0. The fourth-order valence-corrected chi connectivity index (χ4v) is 2.40. The first-order chi connectivity index (χ1) is 9.70. The maximum absolute atomic E-state index is 5.57. The van der Waals surface area contributed by atoms with Crippen molar-refractivity contribution in [2.45, 2.75) is 26.4 Å². The van der Waals surface area contributed by atoms with Gasteiger partial charge in [0, 0.05) is 31.5 Å². The topological polar surface area (TPSA) is 74.5 Å². The first-order valence-corrected chi connectivity index (χ1v) is 6.75. The molecule has 0 fully saturated rings. The van der Waals surface area contributed by atoms with E-state index >= 15 is 0 Å². The van der Waals surface area contributed by atoms with E-state index in [9.17, 15) is 0 Å². The van der Waals surface area contributed by atoms with E-state index in [1.807, 2.05) is 16.8 Å². The predicted molar refractivity (Wildman–Crippen MR) is 78.2 cm³/mol. The SMILES string of the molecule is CC(C)n1c(-c2cn(CCN)cn2)nc2cnccc21. The van der Waals surface area contributed by atoms with Crippen molar-refractivity contribution >= 4 is 11.0 Å². The Kier molecular flexibility index (Phi) is 3.23. The number of imidazole rings is 2. The molecule has 0 radical (unpaired) electrons. The molecule has 3 aromatic heterocycles. The highest BCUT2D eigenvalue weighted by atomic mass is 15.1. The van der Waals surface area contributed by atoms with Gasteiger partial charge in [0.1, 0.15) is 11.2 Å². The van der Waals surface area contributed by atoms with Crippen LogP contribution in [0.4, 0.5) is 0 Å². The number of pyridine rings is 1. The first-order valence-electron chi connectivity index (χ1n) is 6.75. The van der Waals surface area contributed by atoms with Crippen molar-refractivity contribution in [3.8, 4) is 11.5 Å². The molecule has 0 bridgehead atoms. The van der Waals surface area contributed by atoms with Crippen LogP contribution in [0.15, 0.2) is 31.0 Å². The normalized spacial score (nSPS) is 11.6. The summed E-state index contributed by atoms with van der Waals surface area (Å²) < 4.78 is 4.17. The second-order valence-electron chi connectivity index (χ2n) is 5.05. The molecule has 0 aromatic carbocycles. The Morgan fingerprint density at radius 1 is 1.35 bits per heavy atom. The van der Waals surface area contributed by atoms with Crippen LogP contribution < -0.4 is 5.73 Å². The Bertz CT molecular complexity index is 724. The van der Waals surface area contributed by atoms with Crippen molar-refractivity contribution in [2.24, 2.45) is 5.73 Å². The van der Waals surface area contributed by atoms with Gasteiger partial charge < -0.3 is 14.9 Å². The van der Waals surface area contributed by atoms with Crippen LogP contribution in [0.1, 0.15) is 19.9 Å². The molecule has 3 aromatic rings. The number of nitrogens with two attached hydrogens (primary N) is 1. The number of nitrogens with zero attached hydrogens (tertiary/aromatic N) is 5. The number of aromatic nitrogens is 5. The molecule has 20 heavy (non-hydrogen) atoms. The maximum Gasteiger partial charge on any atom is 0.161 e. The summed E-state index contributed by atoms with van der Waals surface area (Å²) in [4.78, 5) is 13.3. The summed E-state index contributed by atoms with van der Waals surface area (Å²) in [5, 5.41) is 0. The fourth-order valence-electron chi connectivity index (χ4n) is 2.40.